The lowest BCUT2D eigenvalue weighted by atomic mass is 9.93. The van der Waals surface area contributed by atoms with Gasteiger partial charge in [-0.25, -0.2) is 4.39 Å². The van der Waals surface area contributed by atoms with Gasteiger partial charge in [0.25, 0.3) is 5.91 Å². The Kier molecular flexibility index (Phi) is 4.75. The smallest absolute Gasteiger partial charge is 0.253 e. The maximum Gasteiger partial charge on any atom is 0.253 e. The molecule has 1 aromatic carbocycles. The minimum atomic E-state index is -0.445. The Morgan fingerprint density at radius 2 is 2.00 bits per heavy atom. The first kappa shape index (κ1) is 15.0. The molecule has 1 aliphatic rings. The van der Waals surface area contributed by atoms with E-state index in [1.54, 1.807) is 11.0 Å². The monoisotopic (exact) mass is 342 g/mol. The molecule has 0 aromatic heterocycles. The summed E-state index contributed by atoms with van der Waals surface area (Å²) in [6, 6.07) is 4.37. The van der Waals surface area contributed by atoms with Crippen LogP contribution in [0.1, 0.15) is 29.6 Å². The average molecular weight is 343 g/mol. The SMILES string of the molecule is NC(=O)CC1CCN(C(=O)c2ccc(Br)c(F)c2)CC1. The highest BCUT2D eigenvalue weighted by molar-refractivity contribution is 9.10. The maximum atomic E-state index is 13.4. The van der Waals surface area contributed by atoms with Crippen LogP contribution in [0, 0.1) is 11.7 Å². The van der Waals surface area contributed by atoms with Gasteiger partial charge >= 0.3 is 0 Å². The van der Waals surface area contributed by atoms with Crippen LogP contribution in [0.5, 0.6) is 0 Å². The first-order valence-electron chi connectivity index (χ1n) is 6.50. The summed E-state index contributed by atoms with van der Waals surface area (Å²) in [4.78, 5) is 24.8. The molecule has 20 heavy (non-hydrogen) atoms. The Bertz CT molecular complexity index is 528. The van der Waals surface area contributed by atoms with Crippen LogP contribution < -0.4 is 5.73 Å². The van der Waals surface area contributed by atoms with Crippen molar-refractivity contribution >= 4 is 27.7 Å². The van der Waals surface area contributed by atoms with Crippen molar-refractivity contribution in [3.05, 3.63) is 34.1 Å². The van der Waals surface area contributed by atoms with E-state index in [4.69, 9.17) is 5.73 Å². The van der Waals surface area contributed by atoms with Gasteiger partial charge < -0.3 is 10.6 Å². The third-order valence-electron chi connectivity index (χ3n) is 3.56. The number of carbonyl (C=O) groups is 2. The first-order chi connectivity index (χ1) is 9.47. The molecule has 0 radical (unpaired) electrons. The molecule has 1 heterocycles. The van der Waals surface area contributed by atoms with Gasteiger partial charge in [0, 0.05) is 25.1 Å². The third-order valence-corrected chi connectivity index (χ3v) is 4.20. The topological polar surface area (TPSA) is 63.4 Å². The molecule has 6 heteroatoms. The molecule has 2 rings (SSSR count). The second-order valence-corrected chi connectivity index (χ2v) is 5.89. The molecular formula is C14H16BrFN2O2. The second kappa shape index (κ2) is 6.35. The van der Waals surface area contributed by atoms with Crippen LogP contribution in [0.3, 0.4) is 0 Å². The number of halogens is 2. The Balaban J connectivity index is 1.97. The first-order valence-corrected chi connectivity index (χ1v) is 7.29. The van der Waals surface area contributed by atoms with Crippen LogP contribution in [-0.4, -0.2) is 29.8 Å². The Morgan fingerprint density at radius 3 is 2.55 bits per heavy atom. The largest absolute Gasteiger partial charge is 0.370 e. The number of nitrogens with zero attached hydrogens (tertiary/aromatic N) is 1. The molecule has 0 bridgehead atoms. The molecule has 1 aliphatic heterocycles. The van der Waals surface area contributed by atoms with Gasteiger partial charge in [-0.2, -0.15) is 0 Å². The highest BCUT2D eigenvalue weighted by Crippen LogP contribution is 2.23. The van der Waals surface area contributed by atoms with Crippen LogP contribution in [0.4, 0.5) is 4.39 Å². The van der Waals surface area contributed by atoms with Gasteiger partial charge in [-0.05, 0) is 52.9 Å². The van der Waals surface area contributed by atoms with E-state index < -0.39 is 5.82 Å². The number of carbonyl (C=O) groups excluding carboxylic acids is 2. The lowest BCUT2D eigenvalue weighted by Crippen LogP contribution is -2.39. The van der Waals surface area contributed by atoms with E-state index in [0.717, 1.165) is 12.8 Å². The van der Waals surface area contributed by atoms with Gasteiger partial charge in [0.05, 0.1) is 4.47 Å². The fraction of sp³-hybridized carbons (Fsp3) is 0.429. The normalized spacial score (nSPS) is 16.2. The van der Waals surface area contributed by atoms with Crippen LogP contribution >= 0.6 is 15.9 Å². The summed E-state index contributed by atoms with van der Waals surface area (Å²) in [5.74, 6) is -0.670. The third kappa shape index (κ3) is 3.56. The standard InChI is InChI=1S/C14H16BrFN2O2/c15-11-2-1-10(8-12(11)16)14(20)18-5-3-9(4-6-18)7-13(17)19/h1-2,8-9H,3-7H2,(H2,17,19). The zero-order chi connectivity index (χ0) is 14.7. The fourth-order valence-corrected chi connectivity index (χ4v) is 2.68. The number of piperidine rings is 1. The number of nitrogens with two attached hydrogens (primary N) is 1. The zero-order valence-electron chi connectivity index (χ0n) is 10.9. The number of hydrogen-bond acceptors (Lipinski definition) is 2. The predicted molar refractivity (Wildman–Crippen MR) is 76.5 cm³/mol. The number of primary amides is 1. The van der Waals surface area contributed by atoms with Crippen molar-refractivity contribution in [1.82, 2.24) is 4.90 Å². The van der Waals surface area contributed by atoms with Gasteiger partial charge in [0.2, 0.25) is 5.91 Å². The van der Waals surface area contributed by atoms with Gasteiger partial charge in [0.1, 0.15) is 5.82 Å². The summed E-state index contributed by atoms with van der Waals surface area (Å²) in [5.41, 5.74) is 5.52. The van der Waals surface area contributed by atoms with E-state index >= 15 is 0 Å². The minimum Gasteiger partial charge on any atom is -0.370 e. The maximum absolute atomic E-state index is 13.4. The molecule has 1 aromatic rings. The average Bonchev–Trinajstić information content (AvgIpc) is 2.41. The lowest BCUT2D eigenvalue weighted by Gasteiger charge is -2.31. The highest BCUT2D eigenvalue weighted by Gasteiger charge is 2.24. The second-order valence-electron chi connectivity index (χ2n) is 5.03. The fourth-order valence-electron chi connectivity index (χ4n) is 2.44. The summed E-state index contributed by atoms with van der Waals surface area (Å²) in [6.45, 7) is 1.16. The Labute approximate surface area is 125 Å². The van der Waals surface area contributed by atoms with E-state index in [0.29, 0.717) is 29.5 Å². The summed E-state index contributed by atoms with van der Waals surface area (Å²) >= 11 is 3.06. The molecule has 2 N–H and O–H groups in total. The van der Waals surface area contributed by atoms with E-state index in [2.05, 4.69) is 15.9 Å². The molecule has 0 atom stereocenters. The van der Waals surface area contributed by atoms with Crippen LogP contribution in [0.2, 0.25) is 0 Å². The molecule has 0 unspecified atom stereocenters. The molecular weight excluding hydrogens is 327 g/mol. The van der Waals surface area contributed by atoms with Crippen molar-refractivity contribution in [2.45, 2.75) is 19.3 Å². The van der Waals surface area contributed by atoms with E-state index in [1.807, 2.05) is 0 Å². The van der Waals surface area contributed by atoms with Crippen molar-refractivity contribution in [3.8, 4) is 0 Å². The summed E-state index contributed by atoms with van der Waals surface area (Å²) in [7, 11) is 0. The van der Waals surface area contributed by atoms with Crippen LogP contribution in [0.15, 0.2) is 22.7 Å². The molecule has 1 saturated heterocycles. The summed E-state index contributed by atoms with van der Waals surface area (Å²) in [6.07, 6.45) is 1.89. The van der Waals surface area contributed by atoms with Gasteiger partial charge in [-0.15, -0.1) is 0 Å². The van der Waals surface area contributed by atoms with Gasteiger partial charge in [-0.1, -0.05) is 0 Å². The molecule has 2 amide bonds. The van der Waals surface area contributed by atoms with Crippen molar-refractivity contribution in [3.63, 3.8) is 0 Å². The Hall–Kier alpha value is -1.43. The Morgan fingerprint density at radius 1 is 1.35 bits per heavy atom. The molecule has 0 spiro atoms. The van der Waals surface area contributed by atoms with Crippen molar-refractivity contribution < 1.29 is 14.0 Å². The van der Waals surface area contributed by atoms with Crippen LogP contribution in [-0.2, 0) is 4.79 Å². The summed E-state index contributed by atoms with van der Waals surface area (Å²) in [5, 5.41) is 0. The number of likely N-dealkylation sites (tertiary alicyclic amines) is 1. The number of amides is 2. The predicted octanol–water partition coefficient (Wildman–Crippen LogP) is 2.32. The van der Waals surface area contributed by atoms with Crippen molar-refractivity contribution in [2.24, 2.45) is 11.7 Å². The van der Waals surface area contributed by atoms with Gasteiger partial charge in [-0.3, -0.25) is 9.59 Å². The number of rotatable bonds is 3. The molecule has 108 valence electrons. The minimum absolute atomic E-state index is 0.172. The molecule has 0 saturated carbocycles. The van der Waals surface area contributed by atoms with E-state index in [-0.39, 0.29) is 17.7 Å². The molecule has 1 fully saturated rings. The lowest BCUT2D eigenvalue weighted by molar-refractivity contribution is -0.119. The van der Waals surface area contributed by atoms with Crippen molar-refractivity contribution in [2.75, 3.05) is 13.1 Å². The molecule has 0 aliphatic carbocycles. The summed E-state index contributed by atoms with van der Waals surface area (Å²) < 4.78 is 13.8. The highest BCUT2D eigenvalue weighted by atomic mass is 79.9. The van der Waals surface area contributed by atoms with Crippen molar-refractivity contribution in [1.29, 1.82) is 0 Å². The van der Waals surface area contributed by atoms with E-state index in [1.165, 1.54) is 12.1 Å². The van der Waals surface area contributed by atoms with Gasteiger partial charge in [0.15, 0.2) is 0 Å². The zero-order valence-corrected chi connectivity index (χ0v) is 12.5. The molecule has 4 nitrogen and oxygen atoms in total. The number of benzene rings is 1. The van der Waals surface area contributed by atoms with E-state index in [9.17, 15) is 14.0 Å². The number of hydrogen-bond donors (Lipinski definition) is 1. The van der Waals surface area contributed by atoms with Crippen LogP contribution in [0.25, 0.3) is 0 Å². The quantitative estimate of drug-likeness (QED) is 0.916.